The largest absolute Gasteiger partial charge is 0.391 e. The van der Waals surface area contributed by atoms with E-state index in [0.717, 1.165) is 19.3 Å². The molecule has 6 nitrogen and oxygen atoms in total. The summed E-state index contributed by atoms with van der Waals surface area (Å²) in [4.78, 5) is 14.6. The number of likely N-dealkylation sites (N-methyl/N-ethyl adjacent to an activating group) is 1. The first-order valence-corrected chi connectivity index (χ1v) is 10.9. The number of aliphatic hydroxyl groups is 1. The van der Waals surface area contributed by atoms with Crippen molar-refractivity contribution in [2.24, 2.45) is 0 Å². The van der Waals surface area contributed by atoms with E-state index in [0.29, 0.717) is 17.7 Å². The Balaban J connectivity index is 1.76. The Kier molecular flexibility index (Phi) is 6.05. The van der Waals surface area contributed by atoms with Gasteiger partial charge in [0.05, 0.1) is 22.7 Å². The summed E-state index contributed by atoms with van der Waals surface area (Å²) in [6.45, 7) is 0. The van der Waals surface area contributed by atoms with E-state index in [1.54, 1.807) is 66.5 Å². The van der Waals surface area contributed by atoms with Crippen LogP contribution in [-0.2, 0) is 10.0 Å². The molecular formula is C21H26N2O4S. The van der Waals surface area contributed by atoms with Gasteiger partial charge in [0.2, 0.25) is 0 Å². The number of amides is 1. The molecule has 3 rings (SSSR count). The quantitative estimate of drug-likeness (QED) is 0.834. The van der Waals surface area contributed by atoms with E-state index in [4.69, 9.17) is 0 Å². The topological polar surface area (TPSA) is 77.9 Å². The van der Waals surface area contributed by atoms with Crippen molar-refractivity contribution in [1.82, 2.24) is 4.90 Å². The standard InChI is InChI=1S/C21H26N2O4S/c1-22(19-10-6-7-11-20(19)24)21(25)16-12-14-17(15-13-16)23(2)28(26,27)18-8-4-3-5-9-18/h3-5,8-9,12-15,19-20,24H,6-7,10-11H2,1-2H3/t19-,20-/m1/s1. The second kappa shape index (κ2) is 8.32. The monoisotopic (exact) mass is 402 g/mol. The lowest BCUT2D eigenvalue weighted by atomic mass is 9.91. The molecule has 0 aromatic heterocycles. The number of rotatable bonds is 5. The molecule has 0 unspecified atom stereocenters. The van der Waals surface area contributed by atoms with Gasteiger partial charge in [-0.2, -0.15) is 0 Å². The molecule has 0 heterocycles. The highest BCUT2D eigenvalue weighted by Gasteiger charge is 2.30. The van der Waals surface area contributed by atoms with Gasteiger partial charge in [-0.05, 0) is 49.2 Å². The maximum absolute atomic E-state index is 12.8. The van der Waals surface area contributed by atoms with Crippen LogP contribution < -0.4 is 4.31 Å². The lowest BCUT2D eigenvalue weighted by molar-refractivity contribution is 0.0268. The first-order chi connectivity index (χ1) is 13.3. The van der Waals surface area contributed by atoms with Gasteiger partial charge in [0.15, 0.2) is 0 Å². The zero-order valence-electron chi connectivity index (χ0n) is 16.2. The predicted octanol–water partition coefficient (Wildman–Crippen LogP) is 2.89. The molecule has 1 aliphatic rings. The minimum atomic E-state index is -3.66. The first-order valence-electron chi connectivity index (χ1n) is 9.41. The number of anilines is 1. The molecule has 1 fully saturated rings. The van der Waals surface area contributed by atoms with Crippen LogP contribution in [0.2, 0.25) is 0 Å². The van der Waals surface area contributed by atoms with Gasteiger partial charge < -0.3 is 10.0 Å². The van der Waals surface area contributed by atoms with Crippen LogP contribution in [0.15, 0.2) is 59.5 Å². The van der Waals surface area contributed by atoms with Gasteiger partial charge in [0, 0.05) is 19.7 Å². The summed E-state index contributed by atoms with van der Waals surface area (Å²) in [5.74, 6) is -0.175. The fraction of sp³-hybridized carbons (Fsp3) is 0.381. The van der Waals surface area contributed by atoms with Crippen molar-refractivity contribution in [2.75, 3.05) is 18.4 Å². The average molecular weight is 403 g/mol. The van der Waals surface area contributed by atoms with Gasteiger partial charge >= 0.3 is 0 Å². The van der Waals surface area contributed by atoms with Gasteiger partial charge in [-0.3, -0.25) is 9.10 Å². The van der Waals surface area contributed by atoms with Gasteiger partial charge in [-0.15, -0.1) is 0 Å². The Morgan fingerprint density at radius 3 is 2.18 bits per heavy atom. The van der Waals surface area contributed by atoms with Crippen molar-refractivity contribution in [3.8, 4) is 0 Å². The summed E-state index contributed by atoms with van der Waals surface area (Å²) in [5.41, 5.74) is 0.940. The molecule has 150 valence electrons. The molecule has 1 amide bonds. The summed E-state index contributed by atoms with van der Waals surface area (Å²) in [5, 5.41) is 10.2. The van der Waals surface area contributed by atoms with Crippen LogP contribution in [0.25, 0.3) is 0 Å². The number of sulfonamides is 1. The highest BCUT2D eigenvalue weighted by Crippen LogP contribution is 2.25. The normalized spacial score (nSPS) is 19.8. The smallest absolute Gasteiger partial charge is 0.264 e. The Morgan fingerprint density at radius 1 is 0.964 bits per heavy atom. The molecule has 0 aliphatic heterocycles. The molecule has 1 N–H and O–H groups in total. The van der Waals surface area contributed by atoms with Crippen LogP contribution in [0.5, 0.6) is 0 Å². The summed E-state index contributed by atoms with van der Waals surface area (Å²) in [6, 6.07) is 14.5. The molecule has 2 aromatic carbocycles. The number of carbonyl (C=O) groups excluding carboxylic acids is 1. The molecular weight excluding hydrogens is 376 g/mol. The van der Waals surface area contributed by atoms with E-state index in [1.807, 2.05) is 0 Å². The van der Waals surface area contributed by atoms with E-state index in [1.165, 1.54) is 11.4 Å². The molecule has 0 spiro atoms. The van der Waals surface area contributed by atoms with Gasteiger partial charge in [0.25, 0.3) is 15.9 Å². The summed E-state index contributed by atoms with van der Waals surface area (Å²) < 4.78 is 26.7. The second-order valence-electron chi connectivity index (χ2n) is 7.17. The maximum Gasteiger partial charge on any atom is 0.264 e. The number of nitrogens with zero attached hydrogens (tertiary/aromatic N) is 2. The van der Waals surface area contributed by atoms with Crippen molar-refractivity contribution in [1.29, 1.82) is 0 Å². The maximum atomic E-state index is 12.8. The molecule has 1 saturated carbocycles. The zero-order chi connectivity index (χ0) is 20.3. The fourth-order valence-corrected chi connectivity index (χ4v) is 4.82. The van der Waals surface area contributed by atoms with Crippen molar-refractivity contribution >= 4 is 21.6 Å². The molecule has 7 heteroatoms. The fourth-order valence-electron chi connectivity index (χ4n) is 3.60. The summed E-state index contributed by atoms with van der Waals surface area (Å²) >= 11 is 0. The van der Waals surface area contributed by atoms with Crippen molar-refractivity contribution < 1.29 is 18.3 Å². The van der Waals surface area contributed by atoms with Gasteiger partial charge in [-0.1, -0.05) is 31.0 Å². The Morgan fingerprint density at radius 2 is 1.57 bits per heavy atom. The summed E-state index contributed by atoms with van der Waals surface area (Å²) in [6.07, 6.45) is 2.99. The number of hydrogen-bond acceptors (Lipinski definition) is 4. The molecule has 0 bridgehead atoms. The lowest BCUT2D eigenvalue weighted by Crippen LogP contribution is -2.46. The van der Waals surface area contributed by atoms with Crippen LogP contribution in [0.4, 0.5) is 5.69 Å². The van der Waals surface area contributed by atoms with E-state index in [9.17, 15) is 18.3 Å². The number of aliphatic hydroxyl groups excluding tert-OH is 1. The minimum absolute atomic E-state index is 0.175. The number of benzene rings is 2. The highest BCUT2D eigenvalue weighted by atomic mass is 32.2. The van der Waals surface area contributed by atoms with Gasteiger partial charge in [-0.25, -0.2) is 8.42 Å². The Bertz CT molecular complexity index is 913. The molecule has 1 aliphatic carbocycles. The minimum Gasteiger partial charge on any atom is -0.391 e. The third-order valence-corrected chi connectivity index (χ3v) is 7.19. The van der Waals surface area contributed by atoms with E-state index in [-0.39, 0.29) is 16.8 Å². The van der Waals surface area contributed by atoms with Crippen LogP contribution >= 0.6 is 0 Å². The van der Waals surface area contributed by atoms with E-state index >= 15 is 0 Å². The second-order valence-corrected chi connectivity index (χ2v) is 9.14. The average Bonchev–Trinajstić information content (AvgIpc) is 2.73. The first kappa shape index (κ1) is 20.4. The third kappa shape index (κ3) is 4.05. The molecule has 28 heavy (non-hydrogen) atoms. The third-order valence-electron chi connectivity index (χ3n) is 5.39. The van der Waals surface area contributed by atoms with E-state index in [2.05, 4.69) is 0 Å². The molecule has 0 radical (unpaired) electrons. The molecule has 0 saturated heterocycles. The highest BCUT2D eigenvalue weighted by molar-refractivity contribution is 7.92. The van der Waals surface area contributed by atoms with Crippen LogP contribution in [0, 0.1) is 0 Å². The Labute approximate surface area is 166 Å². The zero-order valence-corrected chi connectivity index (χ0v) is 17.0. The number of carbonyl (C=O) groups is 1. The van der Waals surface area contributed by atoms with Crippen LogP contribution in [0.1, 0.15) is 36.0 Å². The van der Waals surface area contributed by atoms with Gasteiger partial charge in [0.1, 0.15) is 0 Å². The van der Waals surface area contributed by atoms with Crippen LogP contribution in [-0.4, -0.2) is 50.6 Å². The molecule has 2 atom stereocenters. The lowest BCUT2D eigenvalue weighted by Gasteiger charge is -2.35. The number of hydrogen-bond donors (Lipinski definition) is 1. The van der Waals surface area contributed by atoms with Crippen molar-refractivity contribution in [3.05, 3.63) is 60.2 Å². The summed E-state index contributed by atoms with van der Waals surface area (Å²) in [7, 11) is -0.461. The van der Waals surface area contributed by atoms with E-state index < -0.39 is 16.1 Å². The SMILES string of the molecule is CN(C(=O)c1ccc(N(C)S(=O)(=O)c2ccccc2)cc1)[C@@H]1CCCC[C@H]1O. The predicted molar refractivity (Wildman–Crippen MR) is 109 cm³/mol. The van der Waals surface area contributed by atoms with Crippen molar-refractivity contribution in [3.63, 3.8) is 0 Å². The van der Waals surface area contributed by atoms with Crippen LogP contribution in [0.3, 0.4) is 0 Å². The van der Waals surface area contributed by atoms with Crippen molar-refractivity contribution in [2.45, 2.75) is 42.7 Å². The Hall–Kier alpha value is -2.38. The molecule has 2 aromatic rings.